The van der Waals surface area contributed by atoms with Gasteiger partial charge < -0.3 is 15.1 Å². The summed E-state index contributed by atoms with van der Waals surface area (Å²) in [7, 11) is 2.06. The first-order chi connectivity index (χ1) is 15.9. The van der Waals surface area contributed by atoms with Gasteiger partial charge in [0.15, 0.2) is 11.6 Å². The van der Waals surface area contributed by atoms with Gasteiger partial charge in [0, 0.05) is 42.0 Å². The number of aromatic nitrogens is 4. The minimum absolute atomic E-state index is 0.0938. The number of halogens is 1. The van der Waals surface area contributed by atoms with E-state index in [4.69, 9.17) is 0 Å². The van der Waals surface area contributed by atoms with E-state index >= 15 is 0 Å². The van der Waals surface area contributed by atoms with Crippen molar-refractivity contribution in [3.05, 3.63) is 42.5 Å². The molecule has 3 fully saturated rings. The van der Waals surface area contributed by atoms with Gasteiger partial charge in [0.2, 0.25) is 0 Å². The second-order valence-corrected chi connectivity index (χ2v) is 9.68. The first kappa shape index (κ1) is 21.8. The minimum atomic E-state index is -0.473. The minimum Gasteiger partial charge on any atom is -0.355 e. The Bertz CT molecular complexity index is 1120. The van der Waals surface area contributed by atoms with E-state index in [0.29, 0.717) is 34.8 Å². The Labute approximate surface area is 192 Å². The molecule has 2 bridgehead atoms. The summed E-state index contributed by atoms with van der Waals surface area (Å²) in [6.07, 6.45) is 7.69. The van der Waals surface area contributed by atoms with Crippen LogP contribution in [-0.2, 0) is 0 Å². The number of H-pyrrole nitrogens is 1. The summed E-state index contributed by atoms with van der Waals surface area (Å²) in [6.45, 7) is 4.61. The molecule has 2 saturated heterocycles. The van der Waals surface area contributed by atoms with E-state index in [1.165, 1.54) is 31.2 Å². The molecule has 3 N–H and O–H groups in total. The molecule has 6 rings (SSSR count). The molecule has 1 saturated carbocycles. The van der Waals surface area contributed by atoms with Crippen LogP contribution >= 0.6 is 0 Å². The summed E-state index contributed by atoms with van der Waals surface area (Å²) in [5.41, 5.74) is 1.69. The van der Waals surface area contributed by atoms with E-state index in [1.54, 1.807) is 12.3 Å². The van der Waals surface area contributed by atoms with Gasteiger partial charge in [0.1, 0.15) is 5.82 Å². The number of piperidine rings is 1. The molecule has 2 aliphatic heterocycles. The van der Waals surface area contributed by atoms with Crippen LogP contribution in [-0.4, -0.2) is 50.3 Å². The summed E-state index contributed by atoms with van der Waals surface area (Å²) >= 11 is 0. The largest absolute Gasteiger partial charge is 0.355 e. The van der Waals surface area contributed by atoms with Crippen molar-refractivity contribution in [2.24, 2.45) is 5.92 Å². The molecule has 0 spiro atoms. The maximum absolute atomic E-state index is 14.8. The SMILES string of the molecule is C[C@@H]1N[C@@]2(C)CC[C@H]1C[C@@H](N(C)c1ccc(-c3cc(F)c(-c4cn[nH]c4)cc3OO)nn1)C2. The maximum atomic E-state index is 14.8. The van der Waals surface area contributed by atoms with Crippen molar-refractivity contribution < 1.29 is 14.5 Å². The van der Waals surface area contributed by atoms with Crippen LogP contribution in [0.1, 0.15) is 39.5 Å². The van der Waals surface area contributed by atoms with Gasteiger partial charge in [-0.1, -0.05) is 0 Å². The smallest absolute Gasteiger partial charge is 0.175 e. The van der Waals surface area contributed by atoms with Gasteiger partial charge >= 0.3 is 0 Å². The van der Waals surface area contributed by atoms with Gasteiger partial charge in [-0.25, -0.2) is 9.65 Å². The molecule has 0 amide bonds. The molecule has 0 unspecified atom stereocenters. The Morgan fingerprint density at radius 1 is 1.24 bits per heavy atom. The monoisotopic (exact) mass is 452 g/mol. The van der Waals surface area contributed by atoms with E-state index in [-0.39, 0.29) is 16.9 Å². The first-order valence-corrected chi connectivity index (χ1v) is 11.4. The third-order valence-corrected chi connectivity index (χ3v) is 7.42. The van der Waals surface area contributed by atoms with Crippen molar-refractivity contribution in [1.29, 1.82) is 0 Å². The van der Waals surface area contributed by atoms with Crippen molar-refractivity contribution in [1.82, 2.24) is 25.7 Å². The lowest BCUT2D eigenvalue weighted by atomic mass is 9.83. The second-order valence-electron chi connectivity index (χ2n) is 9.68. The van der Waals surface area contributed by atoms with E-state index in [2.05, 4.69) is 56.4 Å². The quantitative estimate of drug-likeness (QED) is 0.393. The normalized spacial score (nSPS) is 26.8. The Hall–Kier alpha value is -3.04. The van der Waals surface area contributed by atoms with Crippen molar-refractivity contribution in [3.8, 4) is 28.1 Å². The van der Waals surface area contributed by atoms with Gasteiger partial charge in [-0.05, 0) is 69.7 Å². The van der Waals surface area contributed by atoms with Gasteiger partial charge in [0.05, 0.1) is 17.5 Å². The zero-order chi connectivity index (χ0) is 23.2. The number of benzene rings is 1. The number of rotatable bonds is 5. The standard InChI is InChI=1S/C24H29FN6O2/c1-14-15-6-7-24(2,28-14)11-17(8-15)31(3)23-5-4-21(29-30-23)19-9-20(25)18(10-22(19)33-32)16-12-26-27-13-16/h4-5,9-10,12-15,17,28,32H,6-8,11H2,1-3H3,(H,26,27)/t14-,15-,17+,24-/m0/s1. The molecule has 9 heteroatoms. The highest BCUT2D eigenvalue weighted by Crippen LogP contribution is 2.40. The predicted octanol–water partition coefficient (Wildman–Crippen LogP) is 4.27. The highest BCUT2D eigenvalue weighted by atomic mass is 19.1. The van der Waals surface area contributed by atoms with E-state index in [0.717, 1.165) is 18.7 Å². The van der Waals surface area contributed by atoms with Crippen LogP contribution in [0.3, 0.4) is 0 Å². The Balaban J connectivity index is 1.40. The molecule has 33 heavy (non-hydrogen) atoms. The lowest BCUT2D eigenvalue weighted by Gasteiger charge is -2.39. The molecule has 0 radical (unpaired) electrons. The van der Waals surface area contributed by atoms with Crippen molar-refractivity contribution >= 4 is 5.82 Å². The topological polar surface area (TPSA) is 99.2 Å². The molecule has 2 aromatic heterocycles. The van der Waals surface area contributed by atoms with E-state index in [9.17, 15) is 9.65 Å². The average Bonchev–Trinajstić information content (AvgIpc) is 3.24. The summed E-state index contributed by atoms with van der Waals surface area (Å²) in [6, 6.07) is 7.26. The fourth-order valence-electron chi connectivity index (χ4n) is 5.52. The molecular weight excluding hydrogens is 423 g/mol. The molecule has 4 atom stereocenters. The summed E-state index contributed by atoms with van der Waals surface area (Å²) in [5, 5.41) is 28.5. The van der Waals surface area contributed by atoms with Gasteiger partial charge in [-0.15, -0.1) is 10.2 Å². The Morgan fingerprint density at radius 2 is 2.09 bits per heavy atom. The van der Waals surface area contributed by atoms with Crippen LogP contribution in [0, 0.1) is 11.7 Å². The van der Waals surface area contributed by atoms with Gasteiger partial charge in [-0.3, -0.25) is 5.10 Å². The van der Waals surface area contributed by atoms with Crippen LogP contribution in [0.5, 0.6) is 5.75 Å². The van der Waals surface area contributed by atoms with Gasteiger partial charge in [-0.2, -0.15) is 5.10 Å². The molecule has 8 nitrogen and oxygen atoms in total. The van der Waals surface area contributed by atoms with Crippen molar-refractivity contribution in [2.75, 3.05) is 11.9 Å². The third-order valence-electron chi connectivity index (χ3n) is 7.42. The second kappa shape index (κ2) is 8.39. The third kappa shape index (κ3) is 4.06. The fraction of sp³-hybridized carbons (Fsp3) is 0.458. The highest BCUT2D eigenvalue weighted by molar-refractivity contribution is 5.74. The highest BCUT2D eigenvalue weighted by Gasteiger charge is 2.42. The Morgan fingerprint density at radius 3 is 2.76 bits per heavy atom. The van der Waals surface area contributed by atoms with Gasteiger partial charge in [0.25, 0.3) is 0 Å². The Kier molecular flexibility index (Phi) is 5.54. The zero-order valence-electron chi connectivity index (χ0n) is 19.0. The molecule has 3 aliphatic rings. The zero-order valence-corrected chi connectivity index (χ0v) is 19.0. The molecule has 1 aromatic carbocycles. The van der Waals surface area contributed by atoms with Crippen molar-refractivity contribution in [2.45, 2.75) is 57.2 Å². The number of nitrogens with zero attached hydrogens (tertiary/aromatic N) is 4. The number of hydrogen-bond donors (Lipinski definition) is 3. The first-order valence-electron chi connectivity index (χ1n) is 11.4. The van der Waals surface area contributed by atoms with Crippen LogP contribution in [0.2, 0.25) is 0 Å². The summed E-state index contributed by atoms with van der Waals surface area (Å²) in [4.78, 5) is 6.76. The number of nitrogens with one attached hydrogen (secondary N) is 2. The summed E-state index contributed by atoms with van der Waals surface area (Å²) in [5.74, 6) is 1.04. The summed E-state index contributed by atoms with van der Waals surface area (Å²) < 4.78 is 14.8. The molecular formula is C24H29FN6O2. The lowest BCUT2D eigenvalue weighted by molar-refractivity contribution is -0.137. The van der Waals surface area contributed by atoms with Crippen LogP contribution in [0.4, 0.5) is 10.2 Å². The number of anilines is 1. The lowest BCUT2D eigenvalue weighted by Crippen LogP contribution is -2.52. The van der Waals surface area contributed by atoms with Crippen LogP contribution in [0.15, 0.2) is 36.7 Å². The van der Waals surface area contributed by atoms with Crippen LogP contribution < -0.4 is 15.1 Å². The van der Waals surface area contributed by atoms with Crippen LogP contribution in [0.25, 0.3) is 22.4 Å². The maximum Gasteiger partial charge on any atom is 0.175 e. The fourth-order valence-corrected chi connectivity index (χ4v) is 5.52. The number of hydrogen-bond acceptors (Lipinski definition) is 7. The van der Waals surface area contributed by atoms with E-state index < -0.39 is 5.82 Å². The molecule has 3 aromatic rings. The molecule has 4 heterocycles. The molecule has 1 aliphatic carbocycles. The number of fused-ring (bicyclic) bond motifs is 4. The van der Waals surface area contributed by atoms with Crippen molar-refractivity contribution in [3.63, 3.8) is 0 Å². The van der Waals surface area contributed by atoms with E-state index in [1.807, 2.05) is 6.07 Å². The predicted molar refractivity (Wildman–Crippen MR) is 123 cm³/mol. The number of aromatic amines is 1. The average molecular weight is 453 g/mol. The molecule has 174 valence electrons.